The first-order valence-corrected chi connectivity index (χ1v) is 11.5. The number of carbonyl (C=O) groups excluding carboxylic acids is 1. The van der Waals surface area contributed by atoms with Gasteiger partial charge in [-0.3, -0.25) is 4.79 Å². The third-order valence-corrected chi connectivity index (χ3v) is 8.08. The predicted molar refractivity (Wildman–Crippen MR) is 115 cm³/mol. The molecule has 3 atom stereocenters. The minimum absolute atomic E-state index is 0.142. The maximum Gasteiger partial charge on any atom is 0.182 e. The van der Waals surface area contributed by atoms with Crippen molar-refractivity contribution in [3.63, 3.8) is 0 Å². The van der Waals surface area contributed by atoms with Crippen molar-refractivity contribution in [1.82, 2.24) is 0 Å². The Hall–Kier alpha value is -2.44. The fraction of sp³-hybridized carbons (Fsp3) is 0.174. The highest BCUT2D eigenvalue weighted by Gasteiger charge is 2.62. The highest BCUT2D eigenvalue weighted by Crippen LogP contribution is 2.55. The lowest BCUT2D eigenvalue weighted by molar-refractivity contribution is 0.0965. The van der Waals surface area contributed by atoms with Gasteiger partial charge in [-0.1, -0.05) is 58.4 Å². The molecule has 0 unspecified atom stereocenters. The molecule has 4 rings (SSSR count). The van der Waals surface area contributed by atoms with Crippen LogP contribution in [-0.2, 0) is 9.84 Å². The molecule has 3 aromatic rings. The first-order chi connectivity index (χ1) is 13.9. The number of ether oxygens (including phenoxy) is 1. The summed E-state index contributed by atoms with van der Waals surface area (Å²) >= 11 is 3.33. The molecule has 6 heteroatoms. The fourth-order valence-electron chi connectivity index (χ4n) is 3.78. The van der Waals surface area contributed by atoms with Gasteiger partial charge in [0.2, 0.25) is 0 Å². The summed E-state index contributed by atoms with van der Waals surface area (Å²) in [6.07, 6.45) is 0. The Morgan fingerprint density at radius 1 is 0.897 bits per heavy atom. The van der Waals surface area contributed by atoms with Crippen molar-refractivity contribution in [2.75, 3.05) is 7.11 Å². The molecule has 0 aromatic heterocycles. The number of rotatable bonds is 6. The molecule has 3 aromatic carbocycles. The van der Waals surface area contributed by atoms with Crippen LogP contribution in [-0.4, -0.2) is 26.6 Å². The van der Waals surface area contributed by atoms with E-state index in [1.165, 1.54) is 0 Å². The average molecular weight is 471 g/mol. The molecular formula is C23H19BrO4S. The van der Waals surface area contributed by atoms with E-state index >= 15 is 0 Å². The number of hydrogen-bond donors (Lipinski definition) is 0. The van der Waals surface area contributed by atoms with E-state index in [4.69, 9.17) is 4.74 Å². The number of Topliss-reactive ketones (excluding diaryl/α,β-unsaturated/α-hetero) is 1. The SMILES string of the molecule is COc1ccc([C@@H]2[C@H](C(=O)c3ccccc3)[C@H]2S(=O)(=O)c2ccc(Br)cc2)cc1. The summed E-state index contributed by atoms with van der Waals surface area (Å²) in [4.78, 5) is 13.4. The van der Waals surface area contributed by atoms with Crippen LogP contribution in [0.3, 0.4) is 0 Å². The number of hydrogen-bond acceptors (Lipinski definition) is 4. The summed E-state index contributed by atoms with van der Waals surface area (Å²) in [5.41, 5.74) is 1.36. The first-order valence-electron chi connectivity index (χ1n) is 9.16. The first kappa shape index (κ1) is 19.9. The molecule has 0 amide bonds. The fourth-order valence-corrected chi connectivity index (χ4v) is 6.18. The minimum Gasteiger partial charge on any atom is -0.497 e. The molecule has 1 saturated carbocycles. The number of halogens is 1. The topological polar surface area (TPSA) is 60.4 Å². The van der Waals surface area contributed by atoms with Crippen molar-refractivity contribution in [3.8, 4) is 5.75 Å². The van der Waals surface area contributed by atoms with Crippen LogP contribution in [0.2, 0.25) is 0 Å². The van der Waals surface area contributed by atoms with Crippen LogP contribution >= 0.6 is 15.9 Å². The van der Waals surface area contributed by atoms with E-state index in [0.717, 1.165) is 10.0 Å². The zero-order valence-corrected chi connectivity index (χ0v) is 18.1. The van der Waals surface area contributed by atoms with Crippen LogP contribution < -0.4 is 4.74 Å². The van der Waals surface area contributed by atoms with Crippen LogP contribution in [0.15, 0.2) is 88.2 Å². The Morgan fingerprint density at radius 3 is 2.10 bits per heavy atom. The smallest absolute Gasteiger partial charge is 0.182 e. The van der Waals surface area contributed by atoms with Gasteiger partial charge in [0.1, 0.15) is 5.75 Å². The second-order valence-corrected chi connectivity index (χ2v) is 10.0. The molecule has 148 valence electrons. The van der Waals surface area contributed by atoms with Gasteiger partial charge in [0.05, 0.1) is 17.3 Å². The Bertz CT molecular complexity index is 1120. The second kappa shape index (κ2) is 7.76. The molecule has 0 N–H and O–H groups in total. The maximum atomic E-state index is 13.4. The van der Waals surface area contributed by atoms with Gasteiger partial charge < -0.3 is 4.74 Å². The number of benzene rings is 3. The largest absolute Gasteiger partial charge is 0.497 e. The molecular weight excluding hydrogens is 452 g/mol. The Morgan fingerprint density at radius 2 is 1.52 bits per heavy atom. The van der Waals surface area contributed by atoms with Crippen molar-refractivity contribution in [3.05, 3.63) is 94.5 Å². The van der Waals surface area contributed by atoms with Crippen molar-refractivity contribution in [2.45, 2.75) is 16.1 Å². The van der Waals surface area contributed by atoms with Gasteiger partial charge >= 0.3 is 0 Å². The molecule has 29 heavy (non-hydrogen) atoms. The molecule has 0 saturated heterocycles. The highest BCUT2D eigenvalue weighted by atomic mass is 79.9. The maximum absolute atomic E-state index is 13.4. The van der Waals surface area contributed by atoms with Crippen molar-refractivity contribution >= 4 is 31.6 Å². The quantitative estimate of drug-likeness (QED) is 0.480. The van der Waals surface area contributed by atoms with Crippen molar-refractivity contribution < 1.29 is 17.9 Å². The zero-order chi connectivity index (χ0) is 20.6. The standard InChI is InChI=1S/C23H19BrO4S/c1-28-18-11-7-15(8-12-18)20-21(22(25)16-5-3-2-4-6-16)23(20)29(26,27)19-13-9-17(24)10-14-19/h2-14,20-21,23H,1H3/t20-,21-,23+/m1/s1. The zero-order valence-electron chi connectivity index (χ0n) is 15.7. The van der Waals surface area contributed by atoms with Gasteiger partial charge in [-0.25, -0.2) is 8.42 Å². The van der Waals surface area contributed by atoms with E-state index in [1.807, 2.05) is 18.2 Å². The molecule has 1 aliphatic rings. The van der Waals surface area contributed by atoms with E-state index in [1.54, 1.807) is 67.8 Å². The summed E-state index contributed by atoms with van der Waals surface area (Å²) in [5.74, 6) is -0.452. The van der Waals surface area contributed by atoms with Gasteiger partial charge in [-0.2, -0.15) is 0 Å². The third-order valence-electron chi connectivity index (χ3n) is 5.32. The summed E-state index contributed by atoms with van der Waals surface area (Å²) in [6, 6.07) is 22.7. The minimum atomic E-state index is -3.67. The molecule has 0 aliphatic heterocycles. The van der Waals surface area contributed by atoms with Crippen molar-refractivity contribution in [2.24, 2.45) is 5.92 Å². The Labute approximate surface area is 178 Å². The van der Waals surface area contributed by atoms with Crippen molar-refractivity contribution in [1.29, 1.82) is 0 Å². The third kappa shape index (κ3) is 3.74. The van der Waals surface area contributed by atoms with Gasteiger partial charge in [0.25, 0.3) is 0 Å². The van der Waals surface area contributed by atoms with E-state index in [-0.39, 0.29) is 16.6 Å². The van der Waals surface area contributed by atoms with E-state index in [0.29, 0.717) is 11.3 Å². The predicted octanol–water partition coefficient (Wildman–Crippen LogP) is 4.90. The summed E-state index contributed by atoms with van der Waals surface area (Å²) in [7, 11) is -2.09. The summed E-state index contributed by atoms with van der Waals surface area (Å²) in [6.45, 7) is 0. The molecule has 0 radical (unpaired) electrons. The number of sulfone groups is 1. The van der Waals surface area contributed by atoms with Gasteiger partial charge in [-0.15, -0.1) is 0 Å². The monoisotopic (exact) mass is 470 g/mol. The number of ketones is 1. The molecule has 1 fully saturated rings. The lowest BCUT2D eigenvalue weighted by atomic mass is 10.0. The van der Waals surface area contributed by atoms with Crippen LogP contribution in [0.5, 0.6) is 5.75 Å². The summed E-state index contributed by atoms with van der Waals surface area (Å²) < 4.78 is 32.7. The van der Waals surface area contributed by atoms with Crippen LogP contribution in [0, 0.1) is 5.92 Å². The molecule has 0 heterocycles. The Balaban J connectivity index is 1.74. The van der Waals surface area contributed by atoms with E-state index in [9.17, 15) is 13.2 Å². The van der Waals surface area contributed by atoms with Crippen LogP contribution in [0.25, 0.3) is 0 Å². The lowest BCUT2D eigenvalue weighted by Crippen LogP contribution is -2.14. The van der Waals surface area contributed by atoms with Crippen LogP contribution in [0.1, 0.15) is 21.8 Å². The number of methoxy groups -OCH3 is 1. The van der Waals surface area contributed by atoms with E-state index < -0.39 is 21.0 Å². The highest BCUT2D eigenvalue weighted by molar-refractivity contribution is 9.10. The molecule has 0 spiro atoms. The summed E-state index contributed by atoms with van der Waals surface area (Å²) in [5, 5.41) is -0.787. The average Bonchev–Trinajstić information content (AvgIpc) is 3.51. The Kier molecular flexibility index (Phi) is 5.32. The van der Waals surface area contributed by atoms with Gasteiger partial charge in [-0.05, 0) is 42.0 Å². The molecule has 1 aliphatic carbocycles. The normalized spacial score (nSPS) is 20.8. The van der Waals surface area contributed by atoms with E-state index in [2.05, 4.69) is 15.9 Å². The van der Waals surface area contributed by atoms with Crippen LogP contribution in [0.4, 0.5) is 0 Å². The lowest BCUT2D eigenvalue weighted by Gasteiger charge is -2.05. The van der Waals surface area contributed by atoms with Gasteiger partial charge in [0.15, 0.2) is 15.6 Å². The second-order valence-electron chi connectivity index (χ2n) is 7.02. The molecule has 0 bridgehead atoms. The van der Waals surface area contributed by atoms with Gasteiger partial charge in [0, 0.05) is 21.9 Å². The number of carbonyl (C=O) groups is 1. The molecule has 4 nitrogen and oxygen atoms in total.